The van der Waals surface area contributed by atoms with Gasteiger partial charge in [-0.05, 0) is 30.7 Å². The number of nitrogens with zero attached hydrogens (tertiary/aromatic N) is 1. The molecular weight excluding hydrogens is 343 g/mol. The van der Waals surface area contributed by atoms with Gasteiger partial charge in [0.25, 0.3) is 0 Å². The van der Waals surface area contributed by atoms with E-state index in [2.05, 4.69) is 20.9 Å². The molecule has 0 fully saturated rings. The molecule has 0 spiro atoms. The lowest BCUT2D eigenvalue weighted by molar-refractivity contribution is -0.137. The van der Waals surface area contributed by atoms with Crippen LogP contribution in [0, 0.1) is 6.92 Å². The van der Waals surface area contributed by atoms with E-state index in [-0.39, 0.29) is 4.88 Å². The van der Waals surface area contributed by atoms with Crippen molar-refractivity contribution in [2.75, 3.05) is 0 Å². The summed E-state index contributed by atoms with van der Waals surface area (Å²) in [6.45, 7) is 1.80. The lowest BCUT2D eigenvalue weighted by Crippen LogP contribution is -2.03. The first-order valence-electron chi connectivity index (χ1n) is 5.12. The van der Waals surface area contributed by atoms with Crippen molar-refractivity contribution in [2.24, 2.45) is 0 Å². The van der Waals surface area contributed by atoms with Gasteiger partial charge in [0.2, 0.25) is 5.78 Å². The Morgan fingerprint density at radius 3 is 2.53 bits per heavy atom. The van der Waals surface area contributed by atoms with Crippen molar-refractivity contribution in [2.45, 2.75) is 13.1 Å². The summed E-state index contributed by atoms with van der Waals surface area (Å²) in [5.41, 5.74) is 1.18. The Hall–Kier alpha value is -1.21. The quantitative estimate of drug-likeness (QED) is 0.749. The molecule has 0 atom stereocenters. The van der Waals surface area contributed by atoms with Gasteiger partial charge in [0.05, 0.1) is 4.88 Å². The summed E-state index contributed by atoms with van der Waals surface area (Å²) in [4.78, 5) is 15.3. The van der Waals surface area contributed by atoms with Crippen LogP contribution in [0.3, 0.4) is 0 Å². The van der Waals surface area contributed by atoms with Crippen molar-refractivity contribution < 1.29 is 18.0 Å². The fourth-order valence-corrected chi connectivity index (χ4v) is 2.87. The summed E-state index contributed by atoms with van der Waals surface area (Å²) in [5, 5.41) is -1.01. The maximum atomic E-state index is 12.4. The molecule has 0 unspecified atom stereocenters. The Morgan fingerprint density at radius 1 is 1.32 bits per heavy atom. The van der Waals surface area contributed by atoms with Crippen LogP contribution in [0.2, 0.25) is 0 Å². The van der Waals surface area contributed by atoms with Gasteiger partial charge < -0.3 is 0 Å². The van der Waals surface area contributed by atoms with Crippen LogP contribution in [0.25, 0.3) is 0 Å². The Morgan fingerprint density at radius 2 is 2.00 bits per heavy atom. The van der Waals surface area contributed by atoms with Gasteiger partial charge in [0, 0.05) is 16.2 Å². The highest BCUT2D eigenvalue weighted by Crippen LogP contribution is 2.33. The predicted octanol–water partition coefficient (Wildman–Crippen LogP) is 4.46. The van der Waals surface area contributed by atoms with Crippen molar-refractivity contribution in [3.63, 3.8) is 0 Å². The van der Waals surface area contributed by atoms with E-state index in [0.717, 1.165) is 11.8 Å². The lowest BCUT2D eigenvalue weighted by atomic mass is 10.1. The van der Waals surface area contributed by atoms with Gasteiger partial charge in [0.1, 0.15) is 0 Å². The molecule has 2 nitrogen and oxygen atoms in total. The summed E-state index contributed by atoms with van der Waals surface area (Å²) >= 11 is 3.60. The molecule has 0 amide bonds. The first-order chi connectivity index (χ1) is 8.77. The van der Waals surface area contributed by atoms with E-state index in [1.54, 1.807) is 19.1 Å². The number of carbonyl (C=O) groups excluding carboxylic acids is 1. The second-order valence-electron chi connectivity index (χ2n) is 3.87. The largest absolute Gasteiger partial charge is 0.443 e. The number of hydrogen-bond donors (Lipinski definition) is 0. The number of alkyl halides is 3. The molecule has 1 heterocycles. The number of benzene rings is 1. The smallest absolute Gasteiger partial charge is 0.288 e. The number of ketones is 1. The van der Waals surface area contributed by atoms with Crippen LogP contribution in [0.1, 0.15) is 25.8 Å². The molecule has 0 aliphatic rings. The monoisotopic (exact) mass is 349 g/mol. The third-order valence-corrected chi connectivity index (χ3v) is 3.78. The van der Waals surface area contributed by atoms with Crippen LogP contribution in [-0.4, -0.2) is 10.8 Å². The fraction of sp³-hybridized carbons (Fsp3) is 0.167. The number of aryl methyl sites for hydroxylation is 1. The average molecular weight is 350 g/mol. The summed E-state index contributed by atoms with van der Waals surface area (Å²) in [6.07, 6.45) is -3.55. The van der Waals surface area contributed by atoms with Crippen LogP contribution >= 0.6 is 27.3 Å². The van der Waals surface area contributed by atoms with Gasteiger partial charge >= 0.3 is 6.18 Å². The molecule has 7 heteroatoms. The number of hydrogen-bond acceptors (Lipinski definition) is 3. The number of carbonyl (C=O) groups is 1. The van der Waals surface area contributed by atoms with Crippen LogP contribution in [0.15, 0.2) is 28.9 Å². The van der Waals surface area contributed by atoms with E-state index in [1.807, 2.05) is 6.07 Å². The minimum atomic E-state index is -4.52. The van der Waals surface area contributed by atoms with Gasteiger partial charge in [-0.25, -0.2) is 4.98 Å². The Bertz CT molecular complexity index is 616. The average Bonchev–Trinajstić information content (AvgIpc) is 2.75. The van der Waals surface area contributed by atoms with Gasteiger partial charge in [-0.1, -0.05) is 15.9 Å². The zero-order chi connectivity index (χ0) is 14.2. The third kappa shape index (κ3) is 3.22. The lowest BCUT2D eigenvalue weighted by Gasteiger charge is -2.02. The van der Waals surface area contributed by atoms with Crippen molar-refractivity contribution in [3.05, 3.63) is 49.9 Å². The van der Waals surface area contributed by atoms with Crippen LogP contribution in [0.5, 0.6) is 0 Å². The maximum absolute atomic E-state index is 12.4. The summed E-state index contributed by atoms with van der Waals surface area (Å²) < 4.78 is 38.0. The van der Waals surface area contributed by atoms with E-state index in [1.165, 1.54) is 0 Å². The molecule has 2 rings (SSSR count). The number of halogens is 4. The molecule has 0 aliphatic carbocycles. The Labute approximate surface area is 119 Å². The second kappa shape index (κ2) is 5.05. The highest BCUT2D eigenvalue weighted by atomic mass is 79.9. The minimum Gasteiger partial charge on any atom is -0.288 e. The number of thiazole rings is 1. The molecule has 0 saturated heterocycles. The topological polar surface area (TPSA) is 30.0 Å². The minimum absolute atomic E-state index is 0.0233. The molecule has 0 bridgehead atoms. The van der Waals surface area contributed by atoms with Crippen molar-refractivity contribution >= 4 is 33.0 Å². The van der Waals surface area contributed by atoms with E-state index >= 15 is 0 Å². The SMILES string of the molecule is Cc1cc(Br)cc(C(=O)c2cnc(C(F)(F)F)s2)c1. The van der Waals surface area contributed by atoms with E-state index in [0.29, 0.717) is 21.4 Å². The van der Waals surface area contributed by atoms with Gasteiger partial charge in [-0.15, -0.1) is 11.3 Å². The zero-order valence-corrected chi connectivity index (χ0v) is 12.0. The molecule has 1 aromatic carbocycles. The second-order valence-corrected chi connectivity index (χ2v) is 5.82. The third-order valence-electron chi connectivity index (χ3n) is 2.28. The first kappa shape index (κ1) is 14.2. The Balaban J connectivity index is 2.36. The van der Waals surface area contributed by atoms with Crippen LogP contribution in [-0.2, 0) is 6.18 Å². The van der Waals surface area contributed by atoms with Crippen molar-refractivity contribution in [3.8, 4) is 0 Å². The molecule has 19 heavy (non-hydrogen) atoms. The molecule has 0 aliphatic heterocycles. The number of rotatable bonds is 2. The fourth-order valence-electron chi connectivity index (χ4n) is 1.52. The summed E-state index contributed by atoms with van der Waals surface area (Å²) in [7, 11) is 0. The Kier molecular flexibility index (Phi) is 3.78. The molecule has 100 valence electrons. The molecular formula is C12H7BrF3NOS. The summed E-state index contributed by atoms with van der Waals surface area (Å²) in [6, 6.07) is 5.01. The molecule has 1 aromatic heterocycles. The first-order valence-corrected chi connectivity index (χ1v) is 6.73. The van der Waals surface area contributed by atoms with Crippen molar-refractivity contribution in [1.29, 1.82) is 0 Å². The van der Waals surface area contributed by atoms with Crippen LogP contribution < -0.4 is 0 Å². The van der Waals surface area contributed by atoms with Gasteiger partial charge in [-0.2, -0.15) is 13.2 Å². The normalized spacial score (nSPS) is 11.6. The highest BCUT2D eigenvalue weighted by molar-refractivity contribution is 9.10. The maximum Gasteiger partial charge on any atom is 0.443 e. The predicted molar refractivity (Wildman–Crippen MR) is 69.4 cm³/mol. The zero-order valence-electron chi connectivity index (χ0n) is 9.58. The standard InChI is InChI=1S/C12H7BrF3NOS/c1-6-2-7(4-8(13)3-6)10(18)9-5-17-11(19-9)12(14,15)16/h2-5H,1H3. The highest BCUT2D eigenvalue weighted by Gasteiger charge is 2.35. The van der Waals surface area contributed by atoms with E-state index < -0.39 is 17.0 Å². The summed E-state index contributed by atoms with van der Waals surface area (Å²) in [5.74, 6) is -0.461. The van der Waals surface area contributed by atoms with Gasteiger partial charge in [-0.3, -0.25) is 4.79 Å². The molecule has 0 N–H and O–H groups in total. The molecule has 0 saturated carbocycles. The molecule has 0 radical (unpaired) electrons. The van der Waals surface area contributed by atoms with Gasteiger partial charge in [0.15, 0.2) is 5.01 Å². The van der Waals surface area contributed by atoms with E-state index in [4.69, 9.17) is 0 Å². The van der Waals surface area contributed by atoms with Crippen LogP contribution in [0.4, 0.5) is 13.2 Å². The number of aromatic nitrogens is 1. The van der Waals surface area contributed by atoms with Crippen molar-refractivity contribution in [1.82, 2.24) is 4.98 Å². The van der Waals surface area contributed by atoms with E-state index in [9.17, 15) is 18.0 Å². The molecule has 2 aromatic rings.